The molecule has 2 nitrogen and oxygen atoms in total. The summed E-state index contributed by atoms with van der Waals surface area (Å²) in [5.41, 5.74) is 1.39. The van der Waals surface area contributed by atoms with Crippen molar-refractivity contribution in [2.75, 3.05) is 20.1 Å². The van der Waals surface area contributed by atoms with Crippen molar-refractivity contribution in [1.82, 2.24) is 10.2 Å². The first-order chi connectivity index (χ1) is 10.2. The van der Waals surface area contributed by atoms with Crippen molar-refractivity contribution in [2.45, 2.75) is 26.4 Å². The van der Waals surface area contributed by atoms with Crippen LogP contribution >= 0.6 is 11.3 Å². The normalized spacial score (nSPS) is 14.3. The van der Waals surface area contributed by atoms with E-state index in [-0.39, 0.29) is 0 Å². The van der Waals surface area contributed by atoms with Crippen LogP contribution in [0.3, 0.4) is 0 Å². The standard InChI is InChI=1S/C18H26N2S/c1-4-19-18(16-9-6-5-7-10-16)15(2)13-20(3)14-17-11-8-12-21-17/h5-12,15,18-19H,4,13-14H2,1-3H3. The van der Waals surface area contributed by atoms with Gasteiger partial charge in [0, 0.05) is 24.0 Å². The molecule has 21 heavy (non-hydrogen) atoms. The average molecular weight is 302 g/mol. The lowest BCUT2D eigenvalue weighted by molar-refractivity contribution is 0.243. The fourth-order valence-corrected chi connectivity index (χ4v) is 3.64. The van der Waals surface area contributed by atoms with E-state index in [1.807, 2.05) is 11.3 Å². The molecule has 2 atom stereocenters. The lowest BCUT2D eigenvalue weighted by atomic mass is 9.94. The fourth-order valence-electron chi connectivity index (χ4n) is 2.86. The second kappa shape index (κ2) is 8.32. The SMILES string of the molecule is CCNC(c1ccccc1)C(C)CN(C)Cc1cccs1. The summed E-state index contributed by atoms with van der Waals surface area (Å²) in [5, 5.41) is 5.79. The Hall–Kier alpha value is -1.16. The minimum atomic E-state index is 0.419. The summed E-state index contributed by atoms with van der Waals surface area (Å²) < 4.78 is 0. The average Bonchev–Trinajstić information content (AvgIpc) is 2.98. The molecule has 0 amide bonds. The van der Waals surface area contributed by atoms with Crippen LogP contribution in [-0.4, -0.2) is 25.0 Å². The molecule has 2 rings (SSSR count). The van der Waals surface area contributed by atoms with Gasteiger partial charge >= 0.3 is 0 Å². The number of hydrogen-bond donors (Lipinski definition) is 1. The van der Waals surface area contributed by atoms with Gasteiger partial charge in [0.1, 0.15) is 0 Å². The molecule has 0 saturated heterocycles. The van der Waals surface area contributed by atoms with Crippen LogP contribution < -0.4 is 5.32 Å². The minimum Gasteiger partial charge on any atom is -0.310 e. The summed E-state index contributed by atoms with van der Waals surface area (Å²) in [5.74, 6) is 0.567. The first kappa shape index (κ1) is 16.2. The van der Waals surface area contributed by atoms with E-state index < -0.39 is 0 Å². The maximum absolute atomic E-state index is 3.64. The fraction of sp³-hybridized carbons (Fsp3) is 0.444. The molecule has 0 aliphatic carbocycles. The quantitative estimate of drug-likeness (QED) is 0.787. The Balaban J connectivity index is 1.96. The van der Waals surface area contributed by atoms with Gasteiger partial charge in [0.15, 0.2) is 0 Å². The second-order valence-corrected chi connectivity index (χ2v) is 6.73. The maximum atomic E-state index is 3.64. The zero-order valence-electron chi connectivity index (χ0n) is 13.3. The van der Waals surface area contributed by atoms with E-state index in [4.69, 9.17) is 0 Å². The Bertz CT molecular complexity index is 495. The van der Waals surface area contributed by atoms with Gasteiger partial charge in [-0.1, -0.05) is 50.2 Å². The van der Waals surface area contributed by atoms with Crippen LogP contribution in [0.15, 0.2) is 47.8 Å². The summed E-state index contributed by atoms with van der Waals surface area (Å²) in [6.45, 7) is 7.64. The van der Waals surface area contributed by atoms with Gasteiger partial charge in [-0.25, -0.2) is 0 Å². The number of benzene rings is 1. The molecule has 1 aromatic heterocycles. The minimum absolute atomic E-state index is 0.419. The van der Waals surface area contributed by atoms with Crippen molar-refractivity contribution in [3.05, 3.63) is 58.3 Å². The molecule has 114 valence electrons. The maximum Gasteiger partial charge on any atom is 0.0358 e. The zero-order valence-corrected chi connectivity index (χ0v) is 14.1. The summed E-state index contributed by atoms with van der Waals surface area (Å²) >= 11 is 1.84. The van der Waals surface area contributed by atoms with Crippen molar-refractivity contribution in [1.29, 1.82) is 0 Å². The van der Waals surface area contributed by atoms with Crippen LogP contribution in [0.1, 0.15) is 30.3 Å². The van der Waals surface area contributed by atoms with Crippen LogP contribution in [0, 0.1) is 5.92 Å². The lowest BCUT2D eigenvalue weighted by Gasteiger charge is -2.29. The van der Waals surface area contributed by atoms with E-state index in [0.29, 0.717) is 12.0 Å². The molecule has 0 fully saturated rings. The third-order valence-electron chi connectivity index (χ3n) is 3.76. The molecule has 1 N–H and O–H groups in total. The van der Waals surface area contributed by atoms with Crippen LogP contribution in [0.5, 0.6) is 0 Å². The van der Waals surface area contributed by atoms with Crippen LogP contribution in [0.25, 0.3) is 0 Å². The van der Waals surface area contributed by atoms with E-state index in [1.54, 1.807) is 0 Å². The predicted octanol–water partition coefficient (Wildman–Crippen LogP) is 4.17. The van der Waals surface area contributed by atoms with Crippen molar-refractivity contribution < 1.29 is 0 Å². The van der Waals surface area contributed by atoms with Crippen LogP contribution in [0.2, 0.25) is 0 Å². The van der Waals surface area contributed by atoms with Gasteiger partial charge < -0.3 is 10.2 Å². The third-order valence-corrected chi connectivity index (χ3v) is 4.62. The first-order valence-corrected chi connectivity index (χ1v) is 8.58. The van der Waals surface area contributed by atoms with Gasteiger partial charge in [-0.05, 0) is 36.5 Å². The third kappa shape index (κ3) is 4.95. The highest BCUT2D eigenvalue weighted by Crippen LogP contribution is 2.23. The largest absolute Gasteiger partial charge is 0.310 e. The van der Waals surface area contributed by atoms with E-state index in [0.717, 1.165) is 19.6 Å². The summed E-state index contributed by atoms with van der Waals surface area (Å²) in [6, 6.07) is 15.5. The van der Waals surface area contributed by atoms with Crippen LogP contribution in [0.4, 0.5) is 0 Å². The highest BCUT2D eigenvalue weighted by atomic mass is 32.1. The van der Waals surface area contributed by atoms with Gasteiger partial charge in [0.05, 0.1) is 0 Å². The Morgan fingerprint density at radius 1 is 1.14 bits per heavy atom. The topological polar surface area (TPSA) is 15.3 Å². The van der Waals surface area contributed by atoms with Gasteiger partial charge in [0.25, 0.3) is 0 Å². The van der Waals surface area contributed by atoms with Crippen LogP contribution in [-0.2, 0) is 6.54 Å². The molecule has 0 aliphatic heterocycles. The van der Waals surface area contributed by atoms with Gasteiger partial charge in [0.2, 0.25) is 0 Å². The number of nitrogens with one attached hydrogen (secondary N) is 1. The number of nitrogens with zero attached hydrogens (tertiary/aromatic N) is 1. The Kier molecular flexibility index (Phi) is 6.43. The zero-order chi connectivity index (χ0) is 15.1. The molecule has 0 aliphatic rings. The highest BCUT2D eigenvalue weighted by Gasteiger charge is 2.19. The number of rotatable bonds is 8. The van der Waals surface area contributed by atoms with Gasteiger partial charge in [-0.15, -0.1) is 11.3 Å². The molecule has 2 aromatic rings. The van der Waals surface area contributed by atoms with Crippen molar-refractivity contribution in [3.8, 4) is 0 Å². The predicted molar refractivity (Wildman–Crippen MR) is 92.7 cm³/mol. The number of hydrogen-bond acceptors (Lipinski definition) is 3. The first-order valence-electron chi connectivity index (χ1n) is 7.70. The molecule has 0 spiro atoms. The summed E-state index contributed by atoms with van der Waals surface area (Å²) in [6.07, 6.45) is 0. The van der Waals surface area contributed by atoms with E-state index in [1.165, 1.54) is 10.4 Å². The highest BCUT2D eigenvalue weighted by molar-refractivity contribution is 7.09. The molecule has 3 heteroatoms. The van der Waals surface area contributed by atoms with Gasteiger partial charge in [-0.3, -0.25) is 0 Å². The molecule has 0 radical (unpaired) electrons. The molecule has 0 saturated carbocycles. The Morgan fingerprint density at radius 2 is 1.90 bits per heavy atom. The Morgan fingerprint density at radius 3 is 2.52 bits per heavy atom. The van der Waals surface area contributed by atoms with Crippen molar-refractivity contribution in [3.63, 3.8) is 0 Å². The van der Waals surface area contributed by atoms with Gasteiger partial charge in [-0.2, -0.15) is 0 Å². The summed E-state index contributed by atoms with van der Waals surface area (Å²) in [7, 11) is 2.21. The van der Waals surface area contributed by atoms with E-state index in [2.05, 4.69) is 79.0 Å². The number of thiophene rings is 1. The van der Waals surface area contributed by atoms with Crippen molar-refractivity contribution >= 4 is 11.3 Å². The molecule has 1 heterocycles. The molecule has 2 unspecified atom stereocenters. The molecule has 0 bridgehead atoms. The molecular weight excluding hydrogens is 276 g/mol. The Labute approximate surface area is 132 Å². The van der Waals surface area contributed by atoms with E-state index in [9.17, 15) is 0 Å². The molecule has 1 aromatic carbocycles. The lowest BCUT2D eigenvalue weighted by Crippen LogP contribution is -2.34. The van der Waals surface area contributed by atoms with Crippen molar-refractivity contribution in [2.24, 2.45) is 5.92 Å². The summed E-state index contributed by atoms with van der Waals surface area (Å²) in [4.78, 5) is 3.86. The van der Waals surface area contributed by atoms with E-state index >= 15 is 0 Å². The molecular formula is C18H26N2S. The monoisotopic (exact) mass is 302 g/mol. The second-order valence-electron chi connectivity index (χ2n) is 5.70. The smallest absolute Gasteiger partial charge is 0.0358 e.